The van der Waals surface area contributed by atoms with Gasteiger partial charge in [-0.3, -0.25) is 0 Å². The van der Waals surface area contributed by atoms with Crippen LogP contribution in [0.15, 0.2) is 54.6 Å². The summed E-state index contributed by atoms with van der Waals surface area (Å²) in [5, 5.41) is 4.74. The van der Waals surface area contributed by atoms with Gasteiger partial charge in [-0.25, -0.2) is 4.98 Å². The van der Waals surface area contributed by atoms with Gasteiger partial charge in [-0.2, -0.15) is 0 Å². The van der Waals surface area contributed by atoms with Gasteiger partial charge in [0.1, 0.15) is 0 Å². The van der Waals surface area contributed by atoms with E-state index in [1.807, 2.05) is 12.1 Å². The average Bonchev–Trinajstić information content (AvgIpc) is 2.55. The number of aromatic nitrogens is 1. The lowest BCUT2D eigenvalue weighted by Crippen LogP contribution is -2.05. The minimum absolute atomic E-state index is 0.912. The highest BCUT2D eigenvalue weighted by Crippen LogP contribution is 2.34. The summed E-state index contributed by atoms with van der Waals surface area (Å²) in [6.45, 7) is 5.24. The van der Waals surface area contributed by atoms with E-state index in [1.165, 1.54) is 22.2 Å². The fraction of sp³-hybridized carbons (Fsp3) is 0.211. The van der Waals surface area contributed by atoms with E-state index in [4.69, 9.17) is 4.98 Å². The van der Waals surface area contributed by atoms with Gasteiger partial charge in [0, 0.05) is 28.7 Å². The van der Waals surface area contributed by atoms with Crippen LogP contribution in [0.3, 0.4) is 0 Å². The Morgan fingerprint density at radius 3 is 2.33 bits per heavy atom. The summed E-state index contributed by atoms with van der Waals surface area (Å²) in [5.74, 6) is 0. The lowest BCUT2D eigenvalue weighted by atomic mass is 9.99. The maximum Gasteiger partial charge on any atom is 0.0762 e. The number of rotatable bonds is 4. The first-order chi connectivity index (χ1) is 10.3. The maximum atomic E-state index is 4.92. The second-order valence-electron chi connectivity index (χ2n) is 5.08. The van der Waals surface area contributed by atoms with E-state index in [9.17, 15) is 0 Å². The zero-order valence-electron chi connectivity index (χ0n) is 12.6. The topological polar surface area (TPSA) is 24.9 Å². The highest BCUT2D eigenvalue weighted by molar-refractivity contribution is 5.96. The minimum Gasteiger partial charge on any atom is -0.384 e. The standard InChI is InChI=1S/C19H20N2/c1-3-15-18(14-10-6-5-7-11-14)21-17-13-9-8-12-16(17)19(15)20-4-2/h5-13H,3-4H2,1-2H3,(H,20,21). The molecule has 0 saturated heterocycles. The van der Waals surface area contributed by atoms with Gasteiger partial charge in [0.05, 0.1) is 11.2 Å². The Morgan fingerprint density at radius 2 is 1.62 bits per heavy atom. The molecule has 3 aromatic rings. The molecule has 106 valence electrons. The van der Waals surface area contributed by atoms with Crippen LogP contribution in [0, 0.1) is 0 Å². The van der Waals surface area contributed by atoms with E-state index >= 15 is 0 Å². The van der Waals surface area contributed by atoms with Crippen LogP contribution in [0.1, 0.15) is 19.4 Å². The number of nitrogens with zero attached hydrogens (tertiary/aromatic N) is 1. The second kappa shape index (κ2) is 5.96. The first-order valence-corrected chi connectivity index (χ1v) is 7.56. The fourth-order valence-electron chi connectivity index (χ4n) is 2.81. The van der Waals surface area contributed by atoms with Crippen molar-refractivity contribution >= 4 is 16.6 Å². The molecule has 0 atom stereocenters. The van der Waals surface area contributed by atoms with Crippen LogP contribution < -0.4 is 5.32 Å². The zero-order valence-corrected chi connectivity index (χ0v) is 12.6. The summed E-state index contributed by atoms with van der Waals surface area (Å²) < 4.78 is 0. The average molecular weight is 276 g/mol. The van der Waals surface area contributed by atoms with Crippen molar-refractivity contribution in [2.24, 2.45) is 0 Å². The van der Waals surface area contributed by atoms with Crippen molar-refractivity contribution in [3.8, 4) is 11.3 Å². The summed E-state index contributed by atoms with van der Waals surface area (Å²) in [6.07, 6.45) is 0.963. The van der Waals surface area contributed by atoms with Crippen LogP contribution in [0.25, 0.3) is 22.2 Å². The summed E-state index contributed by atoms with van der Waals surface area (Å²) >= 11 is 0. The molecule has 0 bridgehead atoms. The SMILES string of the molecule is CCNc1c(CC)c(-c2ccccc2)nc2ccccc12. The first-order valence-electron chi connectivity index (χ1n) is 7.56. The number of hydrogen-bond acceptors (Lipinski definition) is 2. The third-order valence-electron chi connectivity index (χ3n) is 3.75. The van der Waals surface area contributed by atoms with Gasteiger partial charge >= 0.3 is 0 Å². The Labute approximate surface area is 125 Å². The Hall–Kier alpha value is -2.35. The Morgan fingerprint density at radius 1 is 0.905 bits per heavy atom. The molecule has 0 aliphatic rings. The van der Waals surface area contributed by atoms with Crippen molar-refractivity contribution in [3.63, 3.8) is 0 Å². The van der Waals surface area contributed by atoms with Crippen molar-refractivity contribution in [2.45, 2.75) is 20.3 Å². The van der Waals surface area contributed by atoms with E-state index in [0.29, 0.717) is 0 Å². The van der Waals surface area contributed by atoms with Crippen LogP contribution in [-0.2, 0) is 6.42 Å². The van der Waals surface area contributed by atoms with Crippen LogP contribution in [0.5, 0.6) is 0 Å². The van der Waals surface area contributed by atoms with Crippen molar-refractivity contribution < 1.29 is 0 Å². The van der Waals surface area contributed by atoms with Gasteiger partial charge in [0.25, 0.3) is 0 Å². The molecule has 0 amide bonds. The van der Waals surface area contributed by atoms with Gasteiger partial charge in [-0.15, -0.1) is 0 Å². The zero-order chi connectivity index (χ0) is 14.7. The van der Waals surface area contributed by atoms with E-state index in [0.717, 1.165) is 24.2 Å². The van der Waals surface area contributed by atoms with Crippen LogP contribution in [-0.4, -0.2) is 11.5 Å². The van der Waals surface area contributed by atoms with Gasteiger partial charge in [0.2, 0.25) is 0 Å². The first kappa shape index (κ1) is 13.6. The van der Waals surface area contributed by atoms with E-state index in [1.54, 1.807) is 0 Å². The van der Waals surface area contributed by atoms with Crippen LogP contribution in [0.4, 0.5) is 5.69 Å². The fourth-order valence-corrected chi connectivity index (χ4v) is 2.81. The molecule has 0 spiro atoms. The third-order valence-corrected chi connectivity index (χ3v) is 3.75. The molecule has 1 aromatic heterocycles. The molecule has 3 rings (SSSR count). The predicted octanol–water partition coefficient (Wildman–Crippen LogP) is 4.90. The molecule has 2 aromatic carbocycles. The van der Waals surface area contributed by atoms with E-state index < -0.39 is 0 Å². The molecular formula is C19H20N2. The summed E-state index contributed by atoms with van der Waals surface area (Å²) in [7, 11) is 0. The monoisotopic (exact) mass is 276 g/mol. The van der Waals surface area contributed by atoms with Crippen LogP contribution in [0.2, 0.25) is 0 Å². The molecule has 0 unspecified atom stereocenters. The van der Waals surface area contributed by atoms with Gasteiger partial charge in [-0.1, -0.05) is 55.5 Å². The van der Waals surface area contributed by atoms with E-state index in [2.05, 4.69) is 61.6 Å². The molecule has 1 heterocycles. The van der Waals surface area contributed by atoms with Crippen LogP contribution >= 0.6 is 0 Å². The quantitative estimate of drug-likeness (QED) is 0.733. The lowest BCUT2D eigenvalue weighted by molar-refractivity contribution is 1.10. The van der Waals surface area contributed by atoms with Gasteiger partial charge < -0.3 is 5.32 Å². The highest BCUT2D eigenvalue weighted by Gasteiger charge is 2.14. The minimum atomic E-state index is 0.912. The Kier molecular flexibility index (Phi) is 3.87. The Bertz CT molecular complexity index is 748. The van der Waals surface area contributed by atoms with Crippen molar-refractivity contribution in [1.82, 2.24) is 4.98 Å². The molecule has 0 fully saturated rings. The smallest absolute Gasteiger partial charge is 0.0762 e. The highest BCUT2D eigenvalue weighted by atomic mass is 14.9. The second-order valence-corrected chi connectivity index (χ2v) is 5.08. The number of fused-ring (bicyclic) bond motifs is 1. The number of pyridine rings is 1. The Balaban J connectivity index is 2.34. The normalized spacial score (nSPS) is 10.8. The lowest BCUT2D eigenvalue weighted by Gasteiger charge is -2.17. The summed E-state index contributed by atoms with van der Waals surface area (Å²) in [4.78, 5) is 4.92. The van der Waals surface area contributed by atoms with Gasteiger partial charge in [0.15, 0.2) is 0 Å². The number of benzene rings is 2. The molecule has 0 aliphatic heterocycles. The molecule has 2 nitrogen and oxygen atoms in total. The largest absolute Gasteiger partial charge is 0.384 e. The predicted molar refractivity (Wildman–Crippen MR) is 90.7 cm³/mol. The number of para-hydroxylation sites is 1. The molecule has 0 saturated carbocycles. The molecule has 2 heteroatoms. The molecule has 21 heavy (non-hydrogen) atoms. The maximum absolute atomic E-state index is 4.92. The molecule has 0 radical (unpaired) electrons. The third kappa shape index (κ3) is 2.49. The number of hydrogen-bond donors (Lipinski definition) is 1. The van der Waals surface area contributed by atoms with Crippen molar-refractivity contribution in [1.29, 1.82) is 0 Å². The number of nitrogens with one attached hydrogen (secondary N) is 1. The molecular weight excluding hydrogens is 256 g/mol. The van der Waals surface area contributed by atoms with Gasteiger partial charge in [-0.05, 0) is 19.4 Å². The molecule has 1 N–H and O–H groups in total. The summed E-state index contributed by atoms with van der Waals surface area (Å²) in [6, 6.07) is 18.8. The van der Waals surface area contributed by atoms with E-state index in [-0.39, 0.29) is 0 Å². The molecule has 0 aliphatic carbocycles. The van der Waals surface area contributed by atoms with Crippen molar-refractivity contribution in [2.75, 3.05) is 11.9 Å². The summed E-state index contributed by atoms with van der Waals surface area (Å²) in [5.41, 5.74) is 5.84. The van der Waals surface area contributed by atoms with Crippen molar-refractivity contribution in [3.05, 3.63) is 60.2 Å². The number of anilines is 1.